The number of nitrogens with two attached hydrogens (primary N) is 1. The van der Waals surface area contributed by atoms with E-state index in [4.69, 9.17) is 15.6 Å². The molecule has 0 heterocycles. The minimum Gasteiger partial charge on any atom is -0.480 e. The van der Waals surface area contributed by atoms with Crippen molar-refractivity contribution in [1.29, 1.82) is 0 Å². The van der Waals surface area contributed by atoms with Crippen LogP contribution in [-0.4, -0.2) is 29.7 Å². The van der Waals surface area contributed by atoms with Crippen LogP contribution in [0.4, 0.5) is 0 Å². The Morgan fingerprint density at radius 3 is 2.18 bits per heavy atom. The number of carbonyl (C=O) groups is 2. The minimum atomic E-state index is -0.925. The summed E-state index contributed by atoms with van der Waals surface area (Å²) in [6.45, 7) is 1.91. The normalized spacial score (nSPS) is 12.1. The average Bonchev–Trinajstić information content (AvgIpc) is 2.25. The molecule has 3 N–H and O–H groups in total. The zero-order valence-corrected chi connectivity index (χ0v) is 10.5. The van der Waals surface area contributed by atoms with Gasteiger partial charge in [-0.25, -0.2) is 0 Å². The first-order valence-electron chi connectivity index (χ1n) is 6.15. The van der Waals surface area contributed by atoms with Crippen molar-refractivity contribution in [1.82, 2.24) is 0 Å². The molecule has 0 aliphatic heterocycles. The van der Waals surface area contributed by atoms with Crippen molar-refractivity contribution >= 4 is 11.9 Å². The molecule has 5 heteroatoms. The lowest BCUT2D eigenvalue weighted by molar-refractivity contribution is -0.141. The Morgan fingerprint density at radius 2 is 1.65 bits per heavy atom. The number of rotatable bonds is 10. The van der Waals surface area contributed by atoms with Gasteiger partial charge in [0.15, 0.2) is 0 Å². The molecule has 0 aromatic carbocycles. The summed E-state index contributed by atoms with van der Waals surface area (Å²) >= 11 is 0. The summed E-state index contributed by atoms with van der Waals surface area (Å²) in [5.41, 5.74) is 5.38. The van der Waals surface area contributed by atoms with Crippen molar-refractivity contribution in [2.24, 2.45) is 5.73 Å². The number of carboxylic acids is 1. The van der Waals surface area contributed by atoms with Gasteiger partial charge in [0.1, 0.15) is 6.04 Å². The van der Waals surface area contributed by atoms with Crippen molar-refractivity contribution in [3.63, 3.8) is 0 Å². The first-order chi connectivity index (χ1) is 8.04. The first kappa shape index (κ1) is 15.9. The number of unbranched alkanes of at least 4 members (excludes halogenated alkanes) is 5. The van der Waals surface area contributed by atoms with E-state index >= 15 is 0 Å². The van der Waals surface area contributed by atoms with Crippen LogP contribution in [0.25, 0.3) is 0 Å². The van der Waals surface area contributed by atoms with Crippen molar-refractivity contribution in [2.45, 2.75) is 57.9 Å². The Bertz CT molecular complexity index is 231. The van der Waals surface area contributed by atoms with E-state index in [2.05, 4.69) is 0 Å². The van der Waals surface area contributed by atoms with Crippen molar-refractivity contribution < 1.29 is 19.4 Å². The highest BCUT2D eigenvalue weighted by atomic mass is 16.5. The van der Waals surface area contributed by atoms with Crippen LogP contribution in [0.3, 0.4) is 0 Å². The minimum absolute atomic E-state index is 0.229. The van der Waals surface area contributed by atoms with Gasteiger partial charge in [-0.2, -0.15) is 0 Å². The summed E-state index contributed by atoms with van der Waals surface area (Å²) in [5.74, 6) is -1.15. The summed E-state index contributed by atoms with van der Waals surface area (Å²) in [6, 6.07) is -0.723. The molecule has 1 atom stereocenters. The monoisotopic (exact) mass is 245 g/mol. The second-order valence-electron chi connectivity index (χ2n) is 4.19. The molecule has 1 unspecified atom stereocenters. The van der Waals surface area contributed by atoms with E-state index in [9.17, 15) is 9.59 Å². The van der Waals surface area contributed by atoms with Gasteiger partial charge in [-0.05, 0) is 12.8 Å². The van der Waals surface area contributed by atoms with Gasteiger partial charge < -0.3 is 15.6 Å². The molecular weight excluding hydrogens is 222 g/mol. The predicted molar refractivity (Wildman–Crippen MR) is 64.6 cm³/mol. The average molecular weight is 245 g/mol. The van der Waals surface area contributed by atoms with Crippen LogP contribution < -0.4 is 5.73 Å². The maximum atomic E-state index is 10.5. The van der Waals surface area contributed by atoms with Gasteiger partial charge in [0.2, 0.25) is 0 Å². The van der Waals surface area contributed by atoms with Gasteiger partial charge in [-0.3, -0.25) is 9.59 Å². The highest BCUT2D eigenvalue weighted by Gasteiger charge is 2.09. The molecule has 0 amide bonds. The lowest BCUT2D eigenvalue weighted by atomic mass is 10.1. The third-order valence-electron chi connectivity index (χ3n) is 2.53. The Morgan fingerprint density at radius 1 is 1.12 bits per heavy atom. The number of carboxylic acid groups (broad SMARTS) is 1. The van der Waals surface area contributed by atoms with E-state index in [-0.39, 0.29) is 5.97 Å². The molecule has 0 saturated carbocycles. The Kier molecular flexibility index (Phi) is 9.43. The van der Waals surface area contributed by atoms with Crippen LogP contribution >= 0.6 is 0 Å². The Hall–Kier alpha value is -1.10. The predicted octanol–water partition coefficient (Wildman–Crippen LogP) is 1.69. The standard InChI is InChI=1S/C12H23NO4/c1-10(14)17-9-7-5-3-2-4-6-8-11(13)12(15)16/h11H,2-9,13H2,1H3,(H,15,16). The summed E-state index contributed by atoms with van der Waals surface area (Å²) in [5, 5.41) is 8.56. The van der Waals surface area contributed by atoms with Crippen molar-refractivity contribution in [2.75, 3.05) is 6.61 Å². The molecule has 0 fully saturated rings. The van der Waals surface area contributed by atoms with E-state index in [1.165, 1.54) is 6.92 Å². The van der Waals surface area contributed by atoms with E-state index < -0.39 is 12.0 Å². The molecule has 0 aliphatic carbocycles. The van der Waals surface area contributed by atoms with Gasteiger partial charge in [0.25, 0.3) is 0 Å². The summed E-state index contributed by atoms with van der Waals surface area (Å²) in [6.07, 6.45) is 6.51. The topological polar surface area (TPSA) is 89.6 Å². The highest BCUT2D eigenvalue weighted by molar-refractivity contribution is 5.72. The van der Waals surface area contributed by atoms with Gasteiger partial charge >= 0.3 is 11.9 Å². The van der Waals surface area contributed by atoms with Gasteiger partial charge in [-0.1, -0.05) is 32.1 Å². The van der Waals surface area contributed by atoms with Crippen LogP contribution in [0.15, 0.2) is 0 Å². The van der Waals surface area contributed by atoms with E-state index in [0.717, 1.165) is 38.5 Å². The molecule has 0 rings (SSSR count). The smallest absolute Gasteiger partial charge is 0.320 e. The van der Waals surface area contributed by atoms with Crippen LogP contribution in [-0.2, 0) is 14.3 Å². The molecule has 0 radical (unpaired) electrons. The molecule has 0 aromatic heterocycles. The van der Waals surface area contributed by atoms with Gasteiger partial charge in [0, 0.05) is 6.92 Å². The Labute approximate surface area is 102 Å². The number of carbonyl (C=O) groups excluding carboxylic acids is 1. The SMILES string of the molecule is CC(=O)OCCCCCCCCC(N)C(=O)O. The molecule has 0 aromatic rings. The summed E-state index contributed by atoms with van der Waals surface area (Å²) < 4.78 is 4.81. The van der Waals surface area contributed by atoms with Crippen LogP contribution in [0.5, 0.6) is 0 Å². The van der Waals surface area contributed by atoms with Crippen molar-refractivity contribution in [3.8, 4) is 0 Å². The third-order valence-corrected chi connectivity index (χ3v) is 2.53. The van der Waals surface area contributed by atoms with E-state index in [1.54, 1.807) is 0 Å². The fraction of sp³-hybridized carbons (Fsp3) is 0.833. The second-order valence-corrected chi connectivity index (χ2v) is 4.19. The number of hydrogen-bond acceptors (Lipinski definition) is 4. The molecular formula is C12H23NO4. The quantitative estimate of drug-likeness (QED) is 0.451. The zero-order valence-electron chi connectivity index (χ0n) is 10.5. The van der Waals surface area contributed by atoms with E-state index in [1.807, 2.05) is 0 Å². The summed E-state index contributed by atoms with van der Waals surface area (Å²) in [7, 11) is 0. The number of aliphatic carboxylic acids is 1. The van der Waals surface area contributed by atoms with Crippen LogP contribution in [0.1, 0.15) is 51.9 Å². The molecule has 0 spiro atoms. The lowest BCUT2D eigenvalue weighted by Gasteiger charge is -2.05. The molecule has 0 saturated heterocycles. The van der Waals surface area contributed by atoms with E-state index in [0.29, 0.717) is 13.0 Å². The molecule has 100 valence electrons. The lowest BCUT2D eigenvalue weighted by Crippen LogP contribution is -2.29. The van der Waals surface area contributed by atoms with Crippen molar-refractivity contribution in [3.05, 3.63) is 0 Å². The maximum absolute atomic E-state index is 10.5. The number of esters is 1. The fourth-order valence-corrected chi connectivity index (χ4v) is 1.51. The van der Waals surface area contributed by atoms with Crippen LogP contribution in [0, 0.1) is 0 Å². The maximum Gasteiger partial charge on any atom is 0.320 e. The molecule has 5 nitrogen and oxygen atoms in total. The molecule has 17 heavy (non-hydrogen) atoms. The fourth-order valence-electron chi connectivity index (χ4n) is 1.51. The first-order valence-corrected chi connectivity index (χ1v) is 6.15. The van der Waals surface area contributed by atoms with Crippen LogP contribution in [0.2, 0.25) is 0 Å². The number of hydrogen-bond donors (Lipinski definition) is 2. The third kappa shape index (κ3) is 11.2. The molecule has 0 aliphatic rings. The highest BCUT2D eigenvalue weighted by Crippen LogP contribution is 2.08. The largest absolute Gasteiger partial charge is 0.480 e. The van der Waals surface area contributed by atoms with Gasteiger partial charge in [-0.15, -0.1) is 0 Å². The molecule has 0 bridgehead atoms. The zero-order chi connectivity index (χ0) is 13.1. The second kappa shape index (κ2) is 10.1. The Balaban J connectivity index is 3.14. The van der Waals surface area contributed by atoms with Gasteiger partial charge in [0.05, 0.1) is 6.61 Å². The summed E-state index contributed by atoms with van der Waals surface area (Å²) in [4.78, 5) is 20.9. The number of ether oxygens (including phenoxy) is 1.